The van der Waals surface area contributed by atoms with Crippen molar-refractivity contribution < 1.29 is 38.1 Å². The highest BCUT2D eigenvalue weighted by Gasteiger charge is 2.53. The summed E-state index contributed by atoms with van der Waals surface area (Å²) < 4.78 is 41.0. The molecule has 1 heterocycles. The molecular weight excluding hydrogens is 282 g/mol. The fourth-order valence-electron chi connectivity index (χ4n) is 1.86. The molecule has 1 aliphatic heterocycles. The van der Waals surface area contributed by atoms with E-state index in [1.165, 1.54) is 0 Å². The van der Waals surface area contributed by atoms with E-state index in [2.05, 4.69) is 0 Å². The van der Waals surface area contributed by atoms with Crippen LogP contribution in [-0.4, -0.2) is 65.5 Å². The van der Waals surface area contributed by atoms with Crippen molar-refractivity contribution in [1.29, 1.82) is 0 Å². The number of alkyl halides is 1. The fourth-order valence-corrected chi connectivity index (χ4v) is 3.81. The Morgan fingerprint density at radius 2 is 1.74 bits per heavy atom. The smallest absolute Gasteiger partial charge is 0.361 e. The second kappa shape index (κ2) is 7.08. The van der Waals surface area contributed by atoms with Crippen molar-refractivity contribution in [2.24, 2.45) is 0 Å². The Kier molecular flexibility index (Phi) is 6.32. The molecule has 5 atom stereocenters. The van der Waals surface area contributed by atoms with Crippen LogP contribution in [0.4, 0.5) is 4.39 Å². The van der Waals surface area contributed by atoms with Gasteiger partial charge in [0.2, 0.25) is 0 Å². The van der Waals surface area contributed by atoms with E-state index >= 15 is 0 Å². The molecule has 114 valence electrons. The van der Waals surface area contributed by atoms with Gasteiger partial charge < -0.3 is 29.1 Å². The highest BCUT2D eigenvalue weighted by Crippen LogP contribution is 2.56. The topological polar surface area (TPSA) is 105 Å². The van der Waals surface area contributed by atoms with E-state index in [0.717, 1.165) is 0 Å². The SMILES string of the molecule is CCOP(=O)(OCC)[C@H]1O[C@H](CO)[C@H](F)[C@H](O)[C@H]1O. The first kappa shape index (κ1) is 17.0. The average Bonchev–Trinajstić information content (AvgIpc) is 2.37. The quantitative estimate of drug-likeness (QED) is 0.594. The minimum absolute atomic E-state index is 0.0306. The summed E-state index contributed by atoms with van der Waals surface area (Å²) in [5.74, 6) is -1.54. The molecule has 0 radical (unpaired) electrons. The molecule has 0 aliphatic carbocycles. The fraction of sp³-hybridized carbons (Fsp3) is 1.00. The second-order valence-electron chi connectivity index (χ2n) is 4.05. The van der Waals surface area contributed by atoms with Crippen molar-refractivity contribution >= 4 is 7.60 Å². The maximum Gasteiger partial charge on any atom is 0.361 e. The van der Waals surface area contributed by atoms with Crippen LogP contribution in [0.3, 0.4) is 0 Å². The first-order valence-electron chi connectivity index (χ1n) is 6.06. The van der Waals surface area contributed by atoms with Gasteiger partial charge in [-0.25, -0.2) is 4.39 Å². The lowest BCUT2D eigenvalue weighted by atomic mass is 10.0. The summed E-state index contributed by atoms with van der Waals surface area (Å²) in [6.07, 6.45) is -6.96. The third-order valence-corrected chi connectivity index (χ3v) is 5.03. The van der Waals surface area contributed by atoms with E-state index in [1.807, 2.05) is 0 Å². The maximum absolute atomic E-state index is 13.6. The van der Waals surface area contributed by atoms with Gasteiger partial charge in [0.05, 0.1) is 19.8 Å². The summed E-state index contributed by atoms with van der Waals surface area (Å²) >= 11 is 0. The Morgan fingerprint density at radius 3 is 2.16 bits per heavy atom. The molecule has 7 nitrogen and oxygen atoms in total. The number of aliphatic hydroxyl groups is 3. The molecule has 1 fully saturated rings. The maximum atomic E-state index is 13.6. The van der Waals surface area contributed by atoms with Crippen LogP contribution in [-0.2, 0) is 18.3 Å². The van der Waals surface area contributed by atoms with Crippen LogP contribution in [0.15, 0.2) is 0 Å². The molecule has 0 aromatic rings. The normalized spacial score (nSPS) is 36.4. The van der Waals surface area contributed by atoms with Crippen LogP contribution < -0.4 is 0 Å². The lowest BCUT2D eigenvalue weighted by Crippen LogP contribution is -2.56. The van der Waals surface area contributed by atoms with Gasteiger partial charge in [-0.3, -0.25) is 4.57 Å². The van der Waals surface area contributed by atoms with Crippen molar-refractivity contribution in [2.75, 3.05) is 19.8 Å². The molecule has 0 unspecified atom stereocenters. The molecule has 1 saturated heterocycles. The van der Waals surface area contributed by atoms with Gasteiger partial charge in [-0.1, -0.05) is 0 Å². The molecule has 0 aromatic carbocycles. The zero-order valence-corrected chi connectivity index (χ0v) is 11.7. The van der Waals surface area contributed by atoms with Crippen molar-refractivity contribution in [3.05, 3.63) is 0 Å². The van der Waals surface area contributed by atoms with Crippen molar-refractivity contribution in [2.45, 2.75) is 44.2 Å². The largest absolute Gasteiger partial charge is 0.394 e. The number of halogens is 1. The Morgan fingerprint density at radius 1 is 1.21 bits per heavy atom. The number of hydrogen-bond donors (Lipinski definition) is 3. The molecule has 0 saturated carbocycles. The minimum Gasteiger partial charge on any atom is -0.394 e. The Bertz CT molecular complexity index is 317. The van der Waals surface area contributed by atoms with E-state index in [4.69, 9.17) is 18.9 Å². The second-order valence-corrected chi connectivity index (χ2v) is 6.15. The van der Waals surface area contributed by atoms with Crippen LogP contribution in [0.1, 0.15) is 13.8 Å². The summed E-state index contributed by atoms with van der Waals surface area (Å²) in [4.78, 5) is 0. The Balaban J connectivity index is 2.98. The third-order valence-electron chi connectivity index (χ3n) is 2.75. The first-order valence-corrected chi connectivity index (χ1v) is 7.67. The van der Waals surface area contributed by atoms with Crippen molar-refractivity contribution in [3.8, 4) is 0 Å². The molecule has 3 N–H and O–H groups in total. The third kappa shape index (κ3) is 3.52. The van der Waals surface area contributed by atoms with Crippen molar-refractivity contribution in [1.82, 2.24) is 0 Å². The summed E-state index contributed by atoms with van der Waals surface area (Å²) in [5, 5.41) is 28.3. The van der Waals surface area contributed by atoms with Crippen molar-refractivity contribution in [3.63, 3.8) is 0 Å². The molecule has 19 heavy (non-hydrogen) atoms. The molecule has 1 rings (SSSR count). The van der Waals surface area contributed by atoms with Gasteiger partial charge in [-0.15, -0.1) is 0 Å². The number of rotatable bonds is 6. The van der Waals surface area contributed by atoms with Gasteiger partial charge in [0.15, 0.2) is 12.0 Å². The van der Waals surface area contributed by atoms with Gasteiger partial charge in [-0.05, 0) is 13.8 Å². The zero-order valence-electron chi connectivity index (χ0n) is 10.8. The lowest BCUT2D eigenvalue weighted by molar-refractivity contribution is -0.193. The highest BCUT2D eigenvalue weighted by molar-refractivity contribution is 7.54. The average molecular weight is 302 g/mol. The van der Waals surface area contributed by atoms with Crippen LogP contribution in [0.25, 0.3) is 0 Å². The summed E-state index contributed by atoms with van der Waals surface area (Å²) in [7, 11) is -3.88. The zero-order chi connectivity index (χ0) is 14.6. The summed E-state index contributed by atoms with van der Waals surface area (Å²) in [6, 6.07) is 0. The Hall–Kier alpha value is -0.0800. The predicted octanol–water partition coefficient (Wildman–Crippen LogP) is 0.0296. The van der Waals surface area contributed by atoms with E-state index in [9.17, 15) is 19.2 Å². The van der Waals surface area contributed by atoms with E-state index < -0.39 is 44.5 Å². The molecule has 9 heteroatoms. The first-order chi connectivity index (χ1) is 8.91. The number of hydrogen-bond acceptors (Lipinski definition) is 7. The van der Waals surface area contributed by atoms with Gasteiger partial charge in [0.25, 0.3) is 0 Å². The predicted molar refractivity (Wildman–Crippen MR) is 63.5 cm³/mol. The van der Waals surface area contributed by atoms with Gasteiger partial charge in [0.1, 0.15) is 18.3 Å². The standard InChI is InChI=1S/C10H20FO7P/c1-3-16-19(15,17-4-2)10-9(14)8(13)7(11)6(5-12)18-10/h6-10,12-14H,3-5H2,1-2H3/t6-,7+,8+,9-,10-/m1/s1. The van der Waals surface area contributed by atoms with Gasteiger partial charge >= 0.3 is 7.60 Å². The molecule has 0 aromatic heterocycles. The summed E-state index contributed by atoms with van der Waals surface area (Å²) in [5.41, 5.74) is 0. The van der Waals surface area contributed by atoms with E-state index in [1.54, 1.807) is 13.8 Å². The minimum atomic E-state index is -3.88. The highest BCUT2D eigenvalue weighted by atomic mass is 31.2. The van der Waals surface area contributed by atoms with Crippen LogP contribution in [0.2, 0.25) is 0 Å². The van der Waals surface area contributed by atoms with E-state index in [-0.39, 0.29) is 13.2 Å². The van der Waals surface area contributed by atoms with Crippen LogP contribution in [0.5, 0.6) is 0 Å². The molecule has 1 aliphatic rings. The molecule has 0 amide bonds. The molecular formula is C10H20FO7P. The van der Waals surface area contributed by atoms with E-state index in [0.29, 0.717) is 0 Å². The van der Waals surface area contributed by atoms with Gasteiger partial charge in [0, 0.05) is 0 Å². The number of ether oxygens (including phenoxy) is 1. The summed E-state index contributed by atoms with van der Waals surface area (Å²) in [6.45, 7) is 2.48. The van der Waals surface area contributed by atoms with Crippen LogP contribution in [0, 0.1) is 0 Å². The monoisotopic (exact) mass is 302 g/mol. The molecule has 0 spiro atoms. The van der Waals surface area contributed by atoms with Gasteiger partial charge in [-0.2, -0.15) is 0 Å². The van der Waals surface area contributed by atoms with Crippen LogP contribution >= 0.6 is 7.60 Å². The molecule has 0 bridgehead atoms. The Labute approximate surface area is 110 Å². The number of aliphatic hydroxyl groups excluding tert-OH is 3. The lowest BCUT2D eigenvalue weighted by Gasteiger charge is -2.40.